The lowest BCUT2D eigenvalue weighted by molar-refractivity contribution is 1.11. The first kappa shape index (κ1) is 15.8. The van der Waals surface area contributed by atoms with Crippen molar-refractivity contribution < 1.29 is 4.70 Å². The Morgan fingerprint density at radius 2 is 1.67 bits per heavy atom. The first-order chi connectivity index (χ1) is 3.65. The van der Waals surface area contributed by atoms with Crippen LogP contribution in [0.25, 0.3) is 0 Å². The number of allylic oxidation sites excluding steroid dienone is 1. The zero-order valence-corrected chi connectivity index (χ0v) is 6.11. The number of hydrogen-bond donors (Lipinski definition) is 0. The van der Waals surface area contributed by atoms with Crippen molar-refractivity contribution >= 4 is 23.2 Å². The van der Waals surface area contributed by atoms with Gasteiger partial charge in [-0.1, -0.05) is 36.4 Å². The third-order valence-electron chi connectivity index (χ3n) is 0.0913. The maximum atomic E-state index is 7.51. The van der Waals surface area contributed by atoms with Crippen molar-refractivity contribution in [3.8, 4) is 6.07 Å². The molecule has 0 aliphatic heterocycles. The topological polar surface area (TPSA) is 23.8 Å². The van der Waals surface area contributed by atoms with Crippen LogP contribution in [0.2, 0.25) is 0 Å². The van der Waals surface area contributed by atoms with Crippen molar-refractivity contribution in [1.29, 1.82) is 5.26 Å². The van der Waals surface area contributed by atoms with Gasteiger partial charge in [0.15, 0.2) is 0 Å². The van der Waals surface area contributed by atoms with Crippen molar-refractivity contribution in [3.63, 3.8) is 0 Å². The summed E-state index contributed by atoms with van der Waals surface area (Å²) in [5.74, 6) is 0. The second-order valence-corrected chi connectivity index (χ2v) is 1.78. The molecule has 0 rings (SSSR count). The molecule has 0 saturated carbocycles. The molecule has 9 heavy (non-hydrogen) atoms. The number of nitriles is 1. The van der Waals surface area contributed by atoms with Crippen molar-refractivity contribution in [2.45, 2.75) is 0 Å². The van der Waals surface area contributed by atoms with Crippen LogP contribution in [0.3, 0.4) is 0 Å². The zero-order chi connectivity index (χ0) is 6.99. The van der Waals surface area contributed by atoms with Gasteiger partial charge in [0.05, 0.1) is 10.6 Å². The van der Waals surface area contributed by atoms with Crippen molar-refractivity contribution in [1.82, 2.24) is 0 Å². The van der Waals surface area contributed by atoms with Gasteiger partial charge in [0.1, 0.15) is 0 Å². The second-order valence-electron chi connectivity index (χ2n) is 0.672. The van der Waals surface area contributed by atoms with Crippen molar-refractivity contribution in [3.05, 3.63) is 23.7 Å². The summed E-state index contributed by atoms with van der Waals surface area (Å²) < 4.78 is 0.111. The smallest absolute Gasteiger partial charge is 0.0992 e. The molecule has 0 radical (unpaired) electrons. The molecule has 0 heterocycles. The average molecular weight is 170 g/mol. The van der Waals surface area contributed by atoms with E-state index in [-0.39, 0.29) is 9.20 Å². The minimum Gasteiger partial charge on any atom is -0.269 e. The van der Waals surface area contributed by atoms with Gasteiger partial charge in [-0.3, -0.25) is 4.70 Å². The molecule has 0 aromatic carbocycles. The fourth-order valence-electron chi connectivity index (χ4n) is 0. The molecule has 0 bridgehead atoms. The third-order valence-corrected chi connectivity index (χ3v) is 0.0913. The summed E-state index contributed by atoms with van der Waals surface area (Å²) in [7, 11) is 0. The van der Waals surface area contributed by atoms with Crippen LogP contribution in [-0.2, 0) is 0 Å². The Balaban J connectivity index is -0.0000000720. The molecule has 0 aliphatic rings. The van der Waals surface area contributed by atoms with E-state index in [4.69, 9.17) is 28.5 Å². The zero-order valence-electron chi connectivity index (χ0n) is 4.60. The van der Waals surface area contributed by atoms with Crippen LogP contribution < -0.4 is 0 Å². The number of hydrogen-bond acceptors (Lipinski definition) is 1. The van der Waals surface area contributed by atoms with Gasteiger partial charge in [0.2, 0.25) is 0 Å². The second kappa shape index (κ2) is 15.6. The van der Waals surface area contributed by atoms with Gasteiger partial charge in [0, 0.05) is 6.08 Å². The van der Waals surface area contributed by atoms with Gasteiger partial charge in [-0.2, -0.15) is 5.26 Å². The normalized spacial score (nSPS) is 4.56. The van der Waals surface area contributed by atoms with Crippen LogP contribution in [0.4, 0.5) is 4.70 Å². The van der Waals surface area contributed by atoms with E-state index in [1.807, 2.05) is 0 Å². The Kier molecular flexibility index (Phi) is 27.5. The molecule has 4 heteroatoms. The summed E-state index contributed by atoms with van der Waals surface area (Å²) in [6.45, 7) is 6.20. The Morgan fingerprint density at radius 1 is 1.56 bits per heavy atom. The maximum Gasteiger partial charge on any atom is 0.0992 e. The lowest BCUT2D eigenvalue weighted by atomic mass is 10.8. The highest BCUT2D eigenvalue weighted by molar-refractivity contribution is 6.55. The number of halogens is 3. The van der Waals surface area contributed by atoms with Crippen LogP contribution in [0.15, 0.2) is 23.7 Å². The fraction of sp³-hybridized carbons (Fsp3) is 0. The van der Waals surface area contributed by atoms with E-state index in [1.165, 1.54) is 6.08 Å². The summed E-state index contributed by atoms with van der Waals surface area (Å²) in [5.41, 5.74) is 0. The standard InChI is InChI=1S/C3H3N.C2H2Cl2.FH/c1-2-3-4;1-2(3)4;/h2H,1H2;1H2;1H. The Bertz CT molecular complexity index is 113. The van der Waals surface area contributed by atoms with Gasteiger partial charge in [0.25, 0.3) is 0 Å². The lowest BCUT2D eigenvalue weighted by Crippen LogP contribution is -1.24. The lowest BCUT2D eigenvalue weighted by Gasteiger charge is -1.57. The molecule has 0 spiro atoms. The summed E-state index contributed by atoms with van der Waals surface area (Å²) in [6.07, 6.45) is 1.18. The maximum absolute atomic E-state index is 7.51. The summed E-state index contributed by atoms with van der Waals surface area (Å²) >= 11 is 9.69. The van der Waals surface area contributed by atoms with Gasteiger partial charge >= 0.3 is 0 Å². The summed E-state index contributed by atoms with van der Waals surface area (Å²) in [6, 6.07) is 1.69. The van der Waals surface area contributed by atoms with E-state index in [9.17, 15) is 0 Å². The molecular weight excluding hydrogens is 164 g/mol. The monoisotopic (exact) mass is 169 g/mol. The summed E-state index contributed by atoms with van der Waals surface area (Å²) in [4.78, 5) is 0. The van der Waals surface area contributed by atoms with Crippen molar-refractivity contribution in [2.75, 3.05) is 0 Å². The van der Waals surface area contributed by atoms with Gasteiger partial charge in [-0.15, -0.1) is 0 Å². The molecular formula is C5H6Cl2FN. The molecule has 0 unspecified atom stereocenters. The molecule has 0 amide bonds. The molecule has 52 valence electrons. The molecule has 0 aromatic heterocycles. The Hall–Kier alpha value is -0.520. The Morgan fingerprint density at radius 3 is 1.67 bits per heavy atom. The van der Waals surface area contributed by atoms with E-state index in [2.05, 4.69) is 13.2 Å². The average Bonchev–Trinajstić information content (AvgIpc) is 1.65. The molecule has 0 aromatic rings. The summed E-state index contributed by atoms with van der Waals surface area (Å²) in [5, 5.41) is 7.51. The van der Waals surface area contributed by atoms with Crippen LogP contribution in [0.1, 0.15) is 0 Å². The van der Waals surface area contributed by atoms with Gasteiger partial charge < -0.3 is 0 Å². The SMILES string of the molecule is C=C(Cl)Cl.C=CC#N.F. The largest absolute Gasteiger partial charge is 0.269 e. The minimum absolute atomic E-state index is 0. The van der Waals surface area contributed by atoms with E-state index < -0.39 is 0 Å². The molecule has 0 N–H and O–H groups in total. The number of rotatable bonds is 0. The van der Waals surface area contributed by atoms with E-state index in [0.717, 1.165) is 0 Å². The molecule has 0 fully saturated rings. The van der Waals surface area contributed by atoms with Crippen molar-refractivity contribution in [2.24, 2.45) is 0 Å². The molecule has 0 aliphatic carbocycles. The van der Waals surface area contributed by atoms with Gasteiger partial charge in [-0.25, -0.2) is 0 Å². The van der Waals surface area contributed by atoms with Gasteiger partial charge in [-0.05, 0) is 0 Å². The fourth-order valence-corrected chi connectivity index (χ4v) is 0. The Labute approximate surface area is 63.6 Å². The molecule has 0 saturated heterocycles. The highest BCUT2D eigenvalue weighted by Crippen LogP contribution is 1.98. The quantitative estimate of drug-likeness (QED) is 0.512. The molecule has 0 atom stereocenters. The van der Waals surface area contributed by atoms with Crippen LogP contribution in [0, 0.1) is 11.3 Å². The minimum atomic E-state index is 0. The van der Waals surface area contributed by atoms with Crippen LogP contribution in [0.5, 0.6) is 0 Å². The third kappa shape index (κ3) is 975. The van der Waals surface area contributed by atoms with Crippen LogP contribution in [-0.4, -0.2) is 0 Å². The van der Waals surface area contributed by atoms with Crippen LogP contribution >= 0.6 is 23.2 Å². The predicted octanol–water partition coefficient (Wildman–Crippen LogP) is 2.78. The predicted molar refractivity (Wildman–Crippen MR) is 39.2 cm³/mol. The number of nitrogens with zero attached hydrogens (tertiary/aromatic N) is 1. The van der Waals surface area contributed by atoms with E-state index >= 15 is 0 Å². The molecule has 1 nitrogen and oxygen atoms in total. The van der Waals surface area contributed by atoms with E-state index in [0.29, 0.717) is 0 Å². The first-order valence-corrected chi connectivity index (χ1v) is 2.41. The first-order valence-electron chi connectivity index (χ1n) is 1.65. The highest BCUT2D eigenvalue weighted by atomic mass is 35.5. The van der Waals surface area contributed by atoms with E-state index in [1.54, 1.807) is 6.07 Å². The highest BCUT2D eigenvalue weighted by Gasteiger charge is 1.60.